The van der Waals surface area contributed by atoms with E-state index in [1.807, 2.05) is 0 Å². The maximum atomic E-state index is 3.26. The van der Waals surface area contributed by atoms with Gasteiger partial charge in [-0.2, -0.15) is 0 Å². The Bertz CT molecular complexity index is 96.6. The van der Waals surface area contributed by atoms with Crippen LogP contribution in [0.15, 0.2) is 11.5 Å². The molecule has 2 radical (unpaired) electrons. The highest BCUT2D eigenvalue weighted by atomic mass is 32.2. The molecule has 1 aliphatic heterocycles. The average Bonchev–Trinajstić information content (AvgIpc) is 1.77. The summed E-state index contributed by atoms with van der Waals surface area (Å²) in [6, 6.07) is 0. The Labute approximate surface area is 55.4 Å². The second-order valence-corrected chi connectivity index (χ2v) is 2.96. The van der Waals surface area contributed by atoms with Crippen LogP contribution in [0.1, 0.15) is 13.8 Å². The van der Waals surface area contributed by atoms with Crippen molar-refractivity contribution in [2.24, 2.45) is 11.8 Å². The van der Waals surface area contributed by atoms with Crippen LogP contribution in [0.25, 0.3) is 0 Å². The van der Waals surface area contributed by atoms with Crippen LogP contribution in [0.2, 0.25) is 0 Å². The second-order valence-electron chi connectivity index (χ2n) is 2.21. The molecule has 1 aliphatic rings. The minimum Gasteiger partial charge on any atom is -0.124 e. The first-order valence-electron chi connectivity index (χ1n) is 2.88. The summed E-state index contributed by atoms with van der Waals surface area (Å²) < 4.78 is 0. The van der Waals surface area contributed by atoms with Crippen molar-refractivity contribution in [2.45, 2.75) is 13.8 Å². The van der Waals surface area contributed by atoms with Crippen molar-refractivity contribution in [3.63, 3.8) is 0 Å². The number of hydrogen-bond donors (Lipinski definition) is 0. The molecule has 1 heterocycles. The van der Waals surface area contributed by atoms with Crippen LogP contribution in [0.5, 0.6) is 0 Å². The lowest BCUT2D eigenvalue weighted by Gasteiger charge is -2.17. The molecule has 0 saturated carbocycles. The molecule has 0 aromatic heterocycles. The summed E-state index contributed by atoms with van der Waals surface area (Å²) in [7, 11) is 0. The summed E-state index contributed by atoms with van der Waals surface area (Å²) in [6.07, 6.45) is 2.23. The van der Waals surface area contributed by atoms with Crippen molar-refractivity contribution < 1.29 is 0 Å². The Morgan fingerprint density at radius 1 is 1.50 bits per heavy atom. The van der Waals surface area contributed by atoms with Gasteiger partial charge in [0.25, 0.3) is 0 Å². The number of allylic oxidation sites excluding steroid dienone is 1. The Morgan fingerprint density at radius 3 is 2.62 bits per heavy atom. The quantitative estimate of drug-likeness (QED) is 0.480. The van der Waals surface area contributed by atoms with Gasteiger partial charge in [-0.25, -0.2) is 0 Å². The van der Waals surface area contributed by atoms with Gasteiger partial charge in [0, 0.05) is 0 Å². The van der Waals surface area contributed by atoms with E-state index in [0.29, 0.717) is 11.8 Å². The van der Waals surface area contributed by atoms with Gasteiger partial charge in [0.15, 0.2) is 0 Å². The van der Waals surface area contributed by atoms with E-state index in [0.717, 1.165) is 0 Å². The Morgan fingerprint density at radius 2 is 2.25 bits per heavy atom. The second kappa shape index (κ2) is 2.58. The van der Waals surface area contributed by atoms with Crippen molar-refractivity contribution in [3.05, 3.63) is 17.2 Å². The van der Waals surface area contributed by atoms with Crippen LogP contribution in [0, 0.1) is 17.6 Å². The van der Waals surface area contributed by atoms with Gasteiger partial charge < -0.3 is 0 Å². The zero-order valence-electron chi connectivity index (χ0n) is 5.22. The van der Waals surface area contributed by atoms with Crippen LogP contribution < -0.4 is 0 Å². The monoisotopic (exact) mass is 126 g/mol. The molecule has 1 heteroatoms. The molecule has 0 spiro atoms. The first-order chi connectivity index (χ1) is 3.80. The summed E-state index contributed by atoms with van der Waals surface area (Å²) >= 11 is 1.68. The fraction of sp³-hybridized carbons (Fsp3) is 0.571. The van der Waals surface area contributed by atoms with E-state index in [1.54, 1.807) is 11.8 Å². The summed E-state index contributed by atoms with van der Waals surface area (Å²) in [6.45, 7) is 4.41. The first-order valence-corrected chi connectivity index (χ1v) is 3.76. The van der Waals surface area contributed by atoms with E-state index >= 15 is 0 Å². The third-order valence-electron chi connectivity index (χ3n) is 1.49. The van der Waals surface area contributed by atoms with Gasteiger partial charge in [0.05, 0.1) is 5.75 Å². The van der Waals surface area contributed by atoms with Gasteiger partial charge >= 0.3 is 0 Å². The molecular weight excluding hydrogens is 116 g/mol. The van der Waals surface area contributed by atoms with Gasteiger partial charge in [0.1, 0.15) is 0 Å². The summed E-state index contributed by atoms with van der Waals surface area (Å²) in [4.78, 5) is 0. The van der Waals surface area contributed by atoms with Crippen molar-refractivity contribution in [1.29, 1.82) is 0 Å². The van der Waals surface area contributed by atoms with Crippen LogP contribution in [0.4, 0.5) is 0 Å². The number of rotatable bonds is 0. The fourth-order valence-corrected chi connectivity index (χ4v) is 1.42. The van der Waals surface area contributed by atoms with E-state index in [-0.39, 0.29) is 0 Å². The number of hydrogen-bond acceptors (Lipinski definition) is 1. The normalized spacial score (nSPS) is 37.8. The maximum absolute atomic E-state index is 3.26. The van der Waals surface area contributed by atoms with Crippen LogP contribution in [0.3, 0.4) is 0 Å². The van der Waals surface area contributed by atoms with Gasteiger partial charge in [-0.1, -0.05) is 19.9 Å². The Balaban J connectivity index is 2.47. The summed E-state index contributed by atoms with van der Waals surface area (Å²) in [5.41, 5.74) is 0. The van der Waals surface area contributed by atoms with E-state index in [4.69, 9.17) is 0 Å². The lowest BCUT2D eigenvalue weighted by atomic mass is 9.98. The smallest absolute Gasteiger partial charge is 0.0565 e. The largest absolute Gasteiger partial charge is 0.124 e. The third-order valence-corrected chi connectivity index (χ3v) is 2.29. The molecule has 0 saturated heterocycles. The molecule has 0 aliphatic carbocycles. The fourth-order valence-electron chi connectivity index (χ4n) is 0.584. The minimum atomic E-state index is 0.630. The molecule has 44 valence electrons. The van der Waals surface area contributed by atoms with Crippen molar-refractivity contribution in [1.82, 2.24) is 0 Å². The van der Waals surface area contributed by atoms with Crippen molar-refractivity contribution in [2.75, 3.05) is 0 Å². The Kier molecular flexibility index (Phi) is 2.01. The lowest BCUT2D eigenvalue weighted by Crippen LogP contribution is -2.05. The average molecular weight is 126 g/mol. The standard InChI is InChI=1S/C7H10S/c1-6-3-4-8-5-7(6)2/h3-4,6-7H,1-2H3. The third kappa shape index (κ3) is 1.28. The molecular formula is C7H10S. The molecule has 0 aromatic rings. The highest BCUT2D eigenvalue weighted by molar-refractivity contribution is 8.04. The predicted octanol–water partition coefficient (Wildman–Crippen LogP) is 2.56. The molecule has 2 atom stereocenters. The molecule has 8 heavy (non-hydrogen) atoms. The van der Waals surface area contributed by atoms with E-state index in [1.165, 1.54) is 0 Å². The van der Waals surface area contributed by atoms with Gasteiger partial charge in [0.2, 0.25) is 0 Å². The van der Waals surface area contributed by atoms with E-state index < -0.39 is 0 Å². The van der Waals surface area contributed by atoms with Crippen LogP contribution >= 0.6 is 11.8 Å². The molecule has 0 N–H and O–H groups in total. The van der Waals surface area contributed by atoms with Crippen LogP contribution in [-0.2, 0) is 0 Å². The van der Waals surface area contributed by atoms with Crippen molar-refractivity contribution >= 4 is 11.8 Å². The highest BCUT2D eigenvalue weighted by Gasteiger charge is 2.12. The van der Waals surface area contributed by atoms with Gasteiger partial charge in [-0.05, 0) is 17.2 Å². The van der Waals surface area contributed by atoms with Gasteiger partial charge in [-0.15, -0.1) is 11.8 Å². The van der Waals surface area contributed by atoms with Crippen LogP contribution in [-0.4, -0.2) is 0 Å². The first kappa shape index (κ1) is 6.21. The van der Waals surface area contributed by atoms with Crippen molar-refractivity contribution in [3.8, 4) is 0 Å². The summed E-state index contributed by atoms with van der Waals surface area (Å²) in [5.74, 6) is 4.58. The number of thioether (sulfide) groups is 1. The molecule has 0 fully saturated rings. The highest BCUT2D eigenvalue weighted by Crippen LogP contribution is 2.28. The molecule has 0 bridgehead atoms. The summed E-state index contributed by atoms with van der Waals surface area (Å²) in [5, 5.41) is 2.10. The Hall–Kier alpha value is 0.0900. The minimum absolute atomic E-state index is 0.630. The maximum Gasteiger partial charge on any atom is 0.0565 e. The molecule has 0 nitrogen and oxygen atoms in total. The topological polar surface area (TPSA) is 0 Å². The lowest BCUT2D eigenvalue weighted by molar-refractivity contribution is 0.544. The zero-order chi connectivity index (χ0) is 5.98. The SMILES string of the molecule is CC1[C]SC=CC1C. The molecule has 2 unspecified atom stereocenters. The van der Waals surface area contributed by atoms with Gasteiger partial charge in [-0.3, -0.25) is 0 Å². The molecule has 1 rings (SSSR count). The molecule has 0 amide bonds. The molecule has 0 aromatic carbocycles. The predicted molar refractivity (Wildman–Crippen MR) is 38.3 cm³/mol. The van der Waals surface area contributed by atoms with E-state index in [9.17, 15) is 0 Å². The van der Waals surface area contributed by atoms with E-state index in [2.05, 4.69) is 31.1 Å². The zero-order valence-corrected chi connectivity index (χ0v) is 6.03.